The summed E-state index contributed by atoms with van der Waals surface area (Å²) in [4.78, 5) is 31.4. The Hall–Kier alpha value is -2.48. The summed E-state index contributed by atoms with van der Waals surface area (Å²) < 4.78 is 7.52. The molecule has 1 aromatic carbocycles. The number of amides is 2. The summed E-state index contributed by atoms with van der Waals surface area (Å²) in [6.45, 7) is 5.83. The lowest BCUT2D eigenvalue weighted by atomic mass is 10.0. The molecule has 1 N–H and O–H groups in total. The van der Waals surface area contributed by atoms with E-state index >= 15 is 0 Å². The van der Waals surface area contributed by atoms with Crippen molar-refractivity contribution < 1.29 is 14.3 Å². The molecule has 0 aliphatic carbocycles. The Morgan fingerprint density at radius 2 is 1.88 bits per heavy atom. The van der Waals surface area contributed by atoms with Crippen LogP contribution in [0, 0.1) is 6.92 Å². The lowest BCUT2D eigenvalue weighted by Crippen LogP contribution is -2.34. The molecule has 0 spiro atoms. The number of fused-ring (bicyclic) bond motifs is 1. The molecule has 0 unspecified atom stereocenters. The number of thiophene rings is 1. The summed E-state index contributed by atoms with van der Waals surface area (Å²) in [6, 6.07) is 7.55. The van der Waals surface area contributed by atoms with Crippen molar-refractivity contribution >= 4 is 45.0 Å². The van der Waals surface area contributed by atoms with Gasteiger partial charge in [0.25, 0.3) is 0 Å². The Kier molecular flexibility index (Phi) is 6.12. The van der Waals surface area contributed by atoms with Crippen molar-refractivity contribution in [1.29, 1.82) is 0 Å². The van der Waals surface area contributed by atoms with Gasteiger partial charge in [0.1, 0.15) is 11.9 Å². The Morgan fingerprint density at radius 3 is 2.61 bits per heavy atom. The van der Waals surface area contributed by atoms with Gasteiger partial charge in [0.15, 0.2) is 0 Å². The number of carbonyl (C=O) groups excluding carboxylic acids is 2. The third-order valence-corrected chi connectivity index (χ3v) is 7.97. The zero-order valence-electron chi connectivity index (χ0n) is 18.7. The van der Waals surface area contributed by atoms with Crippen LogP contribution in [0.25, 0.3) is 21.3 Å². The summed E-state index contributed by atoms with van der Waals surface area (Å²) >= 11 is 8.05. The van der Waals surface area contributed by atoms with E-state index in [2.05, 4.69) is 10.3 Å². The molecule has 5 rings (SSSR count). The minimum Gasteiger partial charge on any atom is -0.489 e. The first-order valence-electron chi connectivity index (χ1n) is 11.3. The number of hydrogen-bond donors (Lipinski definition) is 1. The van der Waals surface area contributed by atoms with Gasteiger partial charge in [-0.3, -0.25) is 19.5 Å². The Labute approximate surface area is 201 Å². The number of nitrogens with zero attached hydrogens (tertiary/aromatic N) is 2. The third kappa shape index (κ3) is 4.25. The second kappa shape index (κ2) is 9.05. The van der Waals surface area contributed by atoms with Crippen molar-refractivity contribution in [3.8, 4) is 16.9 Å². The van der Waals surface area contributed by atoms with Crippen LogP contribution in [0.15, 0.2) is 30.5 Å². The molecule has 6 nitrogen and oxygen atoms in total. The van der Waals surface area contributed by atoms with Crippen LogP contribution in [0.2, 0.25) is 5.02 Å². The smallest absolute Gasteiger partial charge is 0.230 e. The maximum Gasteiger partial charge on any atom is 0.230 e. The van der Waals surface area contributed by atoms with Gasteiger partial charge in [-0.05, 0) is 69.6 Å². The molecule has 2 aromatic heterocycles. The predicted molar refractivity (Wildman–Crippen MR) is 131 cm³/mol. The van der Waals surface area contributed by atoms with Crippen LogP contribution in [0.1, 0.15) is 49.1 Å². The largest absolute Gasteiger partial charge is 0.489 e. The van der Waals surface area contributed by atoms with Crippen molar-refractivity contribution in [2.24, 2.45) is 0 Å². The maximum absolute atomic E-state index is 12.3. The second-order valence-corrected chi connectivity index (χ2v) is 10.2. The molecular weight excluding hydrogens is 458 g/mol. The molecule has 2 saturated heterocycles. The van der Waals surface area contributed by atoms with Gasteiger partial charge in [0, 0.05) is 40.1 Å². The van der Waals surface area contributed by atoms with E-state index in [0.717, 1.165) is 63.5 Å². The van der Waals surface area contributed by atoms with Crippen molar-refractivity contribution in [2.45, 2.75) is 51.7 Å². The number of aromatic nitrogens is 1. The monoisotopic (exact) mass is 483 g/mol. The zero-order valence-corrected chi connectivity index (χ0v) is 20.3. The summed E-state index contributed by atoms with van der Waals surface area (Å²) in [6.07, 6.45) is 4.45. The van der Waals surface area contributed by atoms with Gasteiger partial charge in [-0.2, -0.15) is 0 Å². The molecule has 1 atom stereocenters. The first-order chi connectivity index (χ1) is 15.9. The van der Waals surface area contributed by atoms with Gasteiger partial charge in [0.05, 0.1) is 16.3 Å². The number of pyridine rings is 1. The molecule has 0 saturated carbocycles. The normalized spacial score (nSPS) is 18.3. The van der Waals surface area contributed by atoms with Gasteiger partial charge in [-0.1, -0.05) is 11.6 Å². The first-order valence-corrected chi connectivity index (χ1v) is 12.5. The Bertz CT molecular complexity index is 1220. The van der Waals surface area contributed by atoms with Gasteiger partial charge in [0.2, 0.25) is 11.8 Å². The van der Waals surface area contributed by atoms with Crippen molar-refractivity contribution in [3.63, 3.8) is 0 Å². The molecular formula is C25H26ClN3O3S. The first kappa shape index (κ1) is 22.3. The molecule has 0 radical (unpaired) electrons. The van der Waals surface area contributed by atoms with Crippen LogP contribution in [0.3, 0.4) is 0 Å². The molecule has 2 aliphatic rings. The molecule has 4 heterocycles. The number of imide groups is 1. The topological polar surface area (TPSA) is 71.5 Å². The van der Waals surface area contributed by atoms with E-state index in [-0.39, 0.29) is 36.8 Å². The lowest BCUT2D eigenvalue weighted by molar-refractivity contribution is -0.140. The number of piperidine rings is 1. The SMILES string of the molecule is Cc1cc(Cl)cc(-c2ccnc3cc([C@H](C)N4C(=O)CCC4=O)sc23)c1OC1CCNCC1. The van der Waals surface area contributed by atoms with Crippen LogP contribution >= 0.6 is 22.9 Å². The molecule has 2 fully saturated rings. The fourth-order valence-corrected chi connectivity index (χ4v) is 6.15. The van der Waals surface area contributed by atoms with Crippen LogP contribution < -0.4 is 10.1 Å². The van der Waals surface area contributed by atoms with E-state index in [1.54, 1.807) is 17.5 Å². The summed E-state index contributed by atoms with van der Waals surface area (Å²) in [5.41, 5.74) is 3.78. The van der Waals surface area contributed by atoms with Crippen LogP contribution in [0.4, 0.5) is 0 Å². The Balaban J connectivity index is 1.58. The molecule has 2 amide bonds. The average molecular weight is 484 g/mol. The standard InChI is InChI=1S/C25H26ClN3O3S/c1-14-11-16(26)12-19(24(14)32-17-5-8-27-9-6-17)18-7-10-28-20-13-21(33-25(18)20)15(2)29-22(30)3-4-23(29)31/h7,10-13,15,17,27H,3-6,8-9H2,1-2H3/t15-/m0/s1. The van der Waals surface area contributed by atoms with E-state index in [0.29, 0.717) is 5.02 Å². The lowest BCUT2D eigenvalue weighted by Gasteiger charge is -2.26. The van der Waals surface area contributed by atoms with E-state index in [1.165, 1.54) is 4.90 Å². The van der Waals surface area contributed by atoms with Crippen molar-refractivity contribution in [2.75, 3.05) is 13.1 Å². The Morgan fingerprint density at radius 1 is 1.15 bits per heavy atom. The van der Waals surface area contributed by atoms with Crippen LogP contribution in [-0.2, 0) is 9.59 Å². The third-order valence-electron chi connectivity index (χ3n) is 6.42. The number of benzene rings is 1. The highest BCUT2D eigenvalue weighted by molar-refractivity contribution is 7.19. The van der Waals surface area contributed by atoms with E-state index in [9.17, 15) is 9.59 Å². The number of rotatable bonds is 5. The summed E-state index contributed by atoms with van der Waals surface area (Å²) in [7, 11) is 0. The highest BCUT2D eigenvalue weighted by Gasteiger charge is 2.34. The van der Waals surface area contributed by atoms with E-state index < -0.39 is 0 Å². The van der Waals surface area contributed by atoms with Crippen LogP contribution in [0.5, 0.6) is 5.75 Å². The molecule has 8 heteroatoms. The molecule has 2 aliphatic heterocycles. The fraction of sp³-hybridized carbons (Fsp3) is 0.400. The highest BCUT2D eigenvalue weighted by Crippen LogP contribution is 2.43. The number of nitrogens with one attached hydrogen (secondary N) is 1. The minimum atomic E-state index is -0.314. The number of aryl methyl sites for hydroxylation is 1. The van der Waals surface area contributed by atoms with E-state index in [1.807, 2.05) is 38.1 Å². The number of ether oxygens (including phenoxy) is 1. The van der Waals surface area contributed by atoms with Gasteiger partial charge in [-0.15, -0.1) is 11.3 Å². The van der Waals surface area contributed by atoms with Crippen LogP contribution in [-0.4, -0.2) is 40.9 Å². The maximum atomic E-state index is 12.3. The van der Waals surface area contributed by atoms with E-state index in [4.69, 9.17) is 16.3 Å². The minimum absolute atomic E-state index is 0.110. The molecule has 0 bridgehead atoms. The molecule has 3 aromatic rings. The van der Waals surface area contributed by atoms with Gasteiger partial charge >= 0.3 is 0 Å². The molecule has 33 heavy (non-hydrogen) atoms. The van der Waals surface area contributed by atoms with Crippen molar-refractivity contribution in [3.05, 3.63) is 45.9 Å². The quantitative estimate of drug-likeness (QED) is 0.501. The van der Waals surface area contributed by atoms with Crippen molar-refractivity contribution in [1.82, 2.24) is 15.2 Å². The number of likely N-dealkylation sites (tertiary alicyclic amines) is 1. The summed E-state index contributed by atoms with van der Waals surface area (Å²) in [5, 5.41) is 4.03. The second-order valence-electron chi connectivity index (χ2n) is 8.72. The predicted octanol–water partition coefficient (Wildman–Crippen LogP) is 5.27. The number of halogens is 1. The fourth-order valence-electron chi connectivity index (χ4n) is 4.69. The van der Waals surface area contributed by atoms with Gasteiger partial charge < -0.3 is 10.1 Å². The highest BCUT2D eigenvalue weighted by atomic mass is 35.5. The van der Waals surface area contributed by atoms with Gasteiger partial charge in [-0.25, -0.2) is 0 Å². The zero-order chi connectivity index (χ0) is 23.1. The summed E-state index contributed by atoms with van der Waals surface area (Å²) in [5.74, 6) is 0.634. The molecule has 172 valence electrons. The number of carbonyl (C=O) groups is 2. The number of hydrogen-bond acceptors (Lipinski definition) is 6. The average Bonchev–Trinajstić information content (AvgIpc) is 3.38.